The average Bonchev–Trinajstić information content (AvgIpc) is 2.84. The summed E-state index contributed by atoms with van der Waals surface area (Å²) in [6.07, 6.45) is 2.22. The summed E-state index contributed by atoms with van der Waals surface area (Å²) >= 11 is 0. The van der Waals surface area contributed by atoms with Crippen molar-refractivity contribution in [3.63, 3.8) is 0 Å². The molecule has 0 aliphatic carbocycles. The van der Waals surface area contributed by atoms with Gasteiger partial charge in [-0.2, -0.15) is 9.78 Å². The van der Waals surface area contributed by atoms with E-state index in [4.69, 9.17) is 0 Å². The molecule has 1 aromatic heterocycles. The van der Waals surface area contributed by atoms with Crippen molar-refractivity contribution in [1.29, 1.82) is 0 Å². The lowest BCUT2D eigenvalue weighted by molar-refractivity contribution is -0.121. The highest BCUT2D eigenvalue weighted by atomic mass is 16.2. The van der Waals surface area contributed by atoms with E-state index in [-0.39, 0.29) is 11.8 Å². The maximum atomic E-state index is 12.3. The normalized spacial score (nSPS) is 11.1. The molecule has 0 atom stereocenters. The fourth-order valence-corrected chi connectivity index (χ4v) is 2.51. The van der Waals surface area contributed by atoms with Crippen LogP contribution in [-0.2, 0) is 4.79 Å². The van der Waals surface area contributed by atoms with E-state index < -0.39 is 0 Å². The summed E-state index contributed by atoms with van der Waals surface area (Å²) in [6, 6.07) is 7.69. The van der Waals surface area contributed by atoms with Crippen LogP contribution in [0.4, 0.5) is 0 Å². The van der Waals surface area contributed by atoms with Gasteiger partial charge < -0.3 is 5.32 Å². The molecule has 1 N–H and O–H groups in total. The van der Waals surface area contributed by atoms with E-state index in [1.54, 1.807) is 0 Å². The van der Waals surface area contributed by atoms with E-state index >= 15 is 0 Å². The first-order valence-corrected chi connectivity index (χ1v) is 8.23. The summed E-state index contributed by atoms with van der Waals surface area (Å²) in [4.78, 5) is 24.0. The standard InChI is InChI=1S/C18H25N3O2/c1-13(2)11-12-19-17(22)9-6-10-18(23)21-16-8-5-4-7-15(16)14(3)20-21/h4-5,7-8,13H,6,9-12H2,1-3H3,(H,19,22). The molecule has 0 saturated heterocycles. The SMILES string of the molecule is Cc1nn(C(=O)CCCC(=O)NCCC(C)C)c2ccccc12. The van der Waals surface area contributed by atoms with Crippen LogP contribution < -0.4 is 5.32 Å². The predicted molar refractivity (Wildman–Crippen MR) is 91.4 cm³/mol. The molecule has 2 aromatic rings. The first-order valence-electron chi connectivity index (χ1n) is 8.23. The fraction of sp³-hybridized carbons (Fsp3) is 0.500. The molecular weight excluding hydrogens is 290 g/mol. The number of aromatic nitrogens is 2. The summed E-state index contributed by atoms with van der Waals surface area (Å²) in [5, 5.41) is 8.20. The third kappa shape index (κ3) is 4.65. The van der Waals surface area contributed by atoms with Gasteiger partial charge in [-0.15, -0.1) is 0 Å². The lowest BCUT2D eigenvalue weighted by atomic mass is 10.1. The molecule has 1 heterocycles. The van der Waals surface area contributed by atoms with Crippen LogP contribution in [0, 0.1) is 12.8 Å². The zero-order valence-electron chi connectivity index (χ0n) is 14.1. The third-order valence-corrected chi connectivity index (χ3v) is 3.85. The van der Waals surface area contributed by atoms with Crippen molar-refractivity contribution in [3.05, 3.63) is 30.0 Å². The van der Waals surface area contributed by atoms with Gasteiger partial charge in [-0.25, -0.2) is 0 Å². The summed E-state index contributed by atoms with van der Waals surface area (Å²) in [5.41, 5.74) is 1.68. The Morgan fingerprint density at radius 2 is 1.96 bits per heavy atom. The van der Waals surface area contributed by atoms with Gasteiger partial charge in [0, 0.05) is 24.8 Å². The quantitative estimate of drug-likeness (QED) is 0.852. The van der Waals surface area contributed by atoms with Crippen molar-refractivity contribution in [2.75, 3.05) is 6.54 Å². The van der Waals surface area contributed by atoms with E-state index in [1.807, 2.05) is 31.2 Å². The van der Waals surface area contributed by atoms with Gasteiger partial charge in [-0.05, 0) is 31.7 Å². The number of hydrogen-bond acceptors (Lipinski definition) is 3. The maximum absolute atomic E-state index is 12.3. The van der Waals surface area contributed by atoms with Crippen molar-refractivity contribution < 1.29 is 9.59 Å². The lowest BCUT2D eigenvalue weighted by Gasteiger charge is -2.07. The molecule has 2 rings (SSSR count). The van der Waals surface area contributed by atoms with Crippen LogP contribution in [0.3, 0.4) is 0 Å². The zero-order valence-corrected chi connectivity index (χ0v) is 14.1. The molecule has 5 nitrogen and oxygen atoms in total. The second-order valence-corrected chi connectivity index (χ2v) is 6.29. The molecule has 0 unspecified atom stereocenters. The lowest BCUT2D eigenvalue weighted by Crippen LogP contribution is -2.25. The Morgan fingerprint density at radius 3 is 2.70 bits per heavy atom. The Labute approximate surface area is 137 Å². The molecule has 0 aliphatic rings. The molecule has 1 amide bonds. The number of hydrogen-bond donors (Lipinski definition) is 1. The third-order valence-electron chi connectivity index (χ3n) is 3.85. The minimum absolute atomic E-state index is 0.0138. The van der Waals surface area contributed by atoms with Crippen LogP contribution in [0.1, 0.15) is 50.0 Å². The van der Waals surface area contributed by atoms with Crippen molar-refractivity contribution in [2.45, 2.75) is 46.5 Å². The second-order valence-electron chi connectivity index (χ2n) is 6.29. The smallest absolute Gasteiger partial charge is 0.247 e. The molecule has 0 bridgehead atoms. The molecule has 23 heavy (non-hydrogen) atoms. The number of nitrogens with one attached hydrogen (secondary N) is 1. The Hall–Kier alpha value is -2.17. The molecule has 5 heteroatoms. The maximum Gasteiger partial charge on any atom is 0.247 e. The van der Waals surface area contributed by atoms with Crippen molar-refractivity contribution in [1.82, 2.24) is 15.1 Å². The number of carbonyl (C=O) groups is 2. The topological polar surface area (TPSA) is 64.0 Å². The van der Waals surface area contributed by atoms with Crippen LogP contribution in [0.2, 0.25) is 0 Å². The van der Waals surface area contributed by atoms with Gasteiger partial charge in [0.15, 0.2) is 0 Å². The number of para-hydroxylation sites is 1. The summed E-state index contributed by atoms with van der Waals surface area (Å²) in [6.45, 7) is 6.85. The molecule has 0 saturated carbocycles. The summed E-state index contributed by atoms with van der Waals surface area (Å²) in [5.74, 6) is 0.525. The first-order chi connectivity index (χ1) is 11.0. The molecule has 0 fully saturated rings. The van der Waals surface area contributed by atoms with Crippen LogP contribution in [-0.4, -0.2) is 28.1 Å². The summed E-state index contributed by atoms with van der Waals surface area (Å²) in [7, 11) is 0. The number of carbonyl (C=O) groups excluding carboxylic acids is 2. The Morgan fingerprint density at radius 1 is 1.22 bits per heavy atom. The van der Waals surface area contributed by atoms with Gasteiger partial charge >= 0.3 is 0 Å². The Bertz CT molecular complexity index is 689. The van der Waals surface area contributed by atoms with Crippen LogP contribution in [0.15, 0.2) is 24.3 Å². The monoisotopic (exact) mass is 315 g/mol. The average molecular weight is 315 g/mol. The molecule has 0 spiro atoms. The van der Waals surface area contributed by atoms with Crippen molar-refractivity contribution in [3.8, 4) is 0 Å². The summed E-state index contributed by atoms with van der Waals surface area (Å²) < 4.78 is 1.46. The highest BCUT2D eigenvalue weighted by Gasteiger charge is 2.13. The van der Waals surface area contributed by atoms with E-state index in [0.29, 0.717) is 31.7 Å². The largest absolute Gasteiger partial charge is 0.356 e. The van der Waals surface area contributed by atoms with Gasteiger partial charge in [0.1, 0.15) is 0 Å². The molecular formula is C18H25N3O2. The van der Waals surface area contributed by atoms with Gasteiger partial charge in [-0.1, -0.05) is 32.0 Å². The number of rotatable bonds is 7. The fourth-order valence-electron chi connectivity index (χ4n) is 2.51. The number of benzene rings is 1. The van der Waals surface area contributed by atoms with E-state index in [0.717, 1.165) is 23.0 Å². The minimum Gasteiger partial charge on any atom is -0.356 e. The first kappa shape index (κ1) is 17.2. The molecule has 0 radical (unpaired) electrons. The number of fused-ring (bicyclic) bond motifs is 1. The van der Waals surface area contributed by atoms with Crippen molar-refractivity contribution >= 4 is 22.7 Å². The van der Waals surface area contributed by atoms with Gasteiger partial charge in [0.25, 0.3) is 0 Å². The van der Waals surface area contributed by atoms with E-state index in [1.165, 1.54) is 4.68 Å². The minimum atomic E-state index is -0.0655. The molecule has 1 aromatic carbocycles. The van der Waals surface area contributed by atoms with Crippen molar-refractivity contribution in [2.24, 2.45) is 5.92 Å². The highest BCUT2D eigenvalue weighted by Crippen LogP contribution is 2.18. The van der Waals surface area contributed by atoms with Gasteiger partial charge in [0.2, 0.25) is 11.8 Å². The van der Waals surface area contributed by atoms with Crippen LogP contribution in [0.25, 0.3) is 10.9 Å². The number of amides is 1. The predicted octanol–water partition coefficient (Wildman–Crippen LogP) is 3.32. The van der Waals surface area contributed by atoms with Gasteiger partial charge in [-0.3, -0.25) is 9.59 Å². The van der Waals surface area contributed by atoms with E-state index in [2.05, 4.69) is 24.3 Å². The van der Waals surface area contributed by atoms with Crippen LogP contribution >= 0.6 is 0 Å². The van der Waals surface area contributed by atoms with Gasteiger partial charge in [0.05, 0.1) is 11.2 Å². The zero-order chi connectivity index (χ0) is 16.8. The van der Waals surface area contributed by atoms with E-state index in [9.17, 15) is 9.59 Å². The Kier molecular flexibility index (Phi) is 5.90. The molecule has 124 valence electrons. The molecule has 0 aliphatic heterocycles. The Balaban J connectivity index is 1.84. The highest BCUT2D eigenvalue weighted by molar-refractivity contribution is 5.92. The van der Waals surface area contributed by atoms with Crippen LogP contribution in [0.5, 0.6) is 0 Å². The number of nitrogens with zero attached hydrogens (tertiary/aromatic N) is 2. The second kappa shape index (κ2) is 7.90. The number of aryl methyl sites for hydroxylation is 1.